The molecule has 0 aliphatic carbocycles. The Kier molecular flexibility index (Phi) is 7.42. The zero-order valence-electron chi connectivity index (χ0n) is 30.2. The first kappa shape index (κ1) is 31.9. The van der Waals surface area contributed by atoms with E-state index < -0.39 is 0 Å². The molecule has 262 valence electrons. The highest BCUT2D eigenvalue weighted by atomic mass is 16.3. The van der Waals surface area contributed by atoms with Crippen LogP contribution in [0, 0.1) is 0 Å². The molecule has 3 heterocycles. The van der Waals surface area contributed by atoms with E-state index in [1.807, 2.05) is 42.5 Å². The Labute approximate surface area is 322 Å². The molecular weight excluding hydrogens is 685 g/mol. The summed E-state index contributed by atoms with van der Waals surface area (Å²) in [6, 6.07) is 67.2. The van der Waals surface area contributed by atoms with Crippen LogP contribution in [0.1, 0.15) is 0 Å². The van der Waals surface area contributed by atoms with Crippen molar-refractivity contribution in [2.75, 3.05) is 0 Å². The first-order chi connectivity index (χ1) is 27.8. The molecule has 0 aliphatic rings. The Morgan fingerprint density at radius 3 is 1.57 bits per heavy atom. The highest BCUT2D eigenvalue weighted by molar-refractivity contribution is 6.22. The van der Waals surface area contributed by atoms with Crippen molar-refractivity contribution in [1.29, 1.82) is 0 Å². The van der Waals surface area contributed by atoms with Crippen LogP contribution in [0.3, 0.4) is 0 Å². The first-order valence-electron chi connectivity index (χ1n) is 18.8. The van der Waals surface area contributed by atoms with E-state index in [1.165, 1.54) is 0 Å². The quantitative estimate of drug-likeness (QED) is 0.172. The fourth-order valence-corrected chi connectivity index (χ4v) is 8.04. The normalized spacial score (nSPS) is 11.6. The van der Waals surface area contributed by atoms with E-state index in [1.54, 1.807) is 0 Å². The van der Waals surface area contributed by atoms with Crippen molar-refractivity contribution < 1.29 is 4.42 Å². The first-order valence-corrected chi connectivity index (χ1v) is 18.8. The summed E-state index contributed by atoms with van der Waals surface area (Å²) in [6.07, 6.45) is 0. The predicted molar refractivity (Wildman–Crippen MR) is 229 cm³/mol. The summed E-state index contributed by atoms with van der Waals surface area (Å²) >= 11 is 0. The average molecular weight is 717 g/mol. The third-order valence-corrected chi connectivity index (χ3v) is 10.7. The van der Waals surface area contributed by atoms with Gasteiger partial charge >= 0.3 is 0 Å². The molecule has 0 N–H and O–H groups in total. The van der Waals surface area contributed by atoms with Gasteiger partial charge in [-0.25, -0.2) is 15.0 Å². The molecule has 0 saturated heterocycles. The Balaban J connectivity index is 1.16. The van der Waals surface area contributed by atoms with Gasteiger partial charge in [-0.05, 0) is 41.0 Å². The van der Waals surface area contributed by atoms with Crippen molar-refractivity contribution in [2.45, 2.75) is 0 Å². The van der Waals surface area contributed by atoms with Gasteiger partial charge in [0.05, 0.1) is 16.7 Å². The molecule has 0 unspecified atom stereocenters. The molecule has 5 heteroatoms. The molecule has 0 saturated carbocycles. The summed E-state index contributed by atoms with van der Waals surface area (Å²) in [4.78, 5) is 15.4. The van der Waals surface area contributed by atoms with E-state index in [9.17, 15) is 0 Å². The maximum Gasteiger partial charge on any atom is 0.166 e. The molecule has 56 heavy (non-hydrogen) atoms. The van der Waals surface area contributed by atoms with Crippen LogP contribution in [0.25, 0.3) is 106 Å². The second kappa shape index (κ2) is 13.0. The number of hydrogen-bond acceptors (Lipinski definition) is 4. The van der Waals surface area contributed by atoms with Gasteiger partial charge in [0, 0.05) is 43.8 Å². The average Bonchev–Trinajstić information content (AvgIpc) is 3.83. The van der Waals surface area contributed by atoms with Gasteiger partial charge in [-0.1, -0.05) is 170 Å². The molecule has 3 aromatic heterocycles. The van der Waals surface area contributed by atoms with Crippen LogP contribution in [-0.2, 0) is 0 Å². The molecule has 0 radical (unpaired) electrons. The molecule has 8 aromatic carbocycles. The number of furan rings is 1. The molecule has 5 nitrogen and oxygen atoms in total. The standard InChI is InChI=1S/C51H32N4O/c1-4-15-33(16-5-1)34-27-29-37(30-28-34)50-52-49(36-19-8-3-9-20-36)53-51(54-50)43-22-11-13-26-45(43)55-44-25-12-10-21-39(44)40-31-32-42-41-24-14-23-38(35-17-6-2-7-18-35)47(41)56-48(42)46(40)55/h1-32H. The Morgan fingerprint density at radius 1 is 0.321 bits per heavy atom. The van der Waals surface area contributed by atoms with Gasteiger partial charge in [0.2, 0.25) is 0 Å². The number of para-hydroxylation sites is 3. The summed E-state index contributed by atoms with van der Waals surface area (Å²) in [6.45, 7) is 0. The van der Waals surface area contributed by atoms with Gasteiger partial charge in [-0.3, -0.25) is 0 Å². The van der Waals surface area contributed by atoms with Gasteiger partial charge < -0.3 is 8.98 Å². The van der Waals surface area contributed by atoms with Gasteiger partial charge in [0.25, 0.3) is 0 Å². The van der Waals surface area contributed by atoms with Crippen molar-refractivity contribution in [2.24, 2.45) is 0 Å². The van der Waals surface area contributed by atoms with E-state index >= 15 is 0 Å². The molecule has 0 spiro atoms. The zero-order chi connectivity index (χ0) is 37.0. The lowest BCUT2D eigenvalue weighted by Crippen LogP contribution is -2.03. The zero-order valence-corrected chi connectivity index (χ0v) is 30.2. The number of fused-ring (bicyclic) bond motifs is 7. The van der Waals surface area contributed by atoms with Crippen molar-refractivity contribution in [3.63, 3.8) is 0 Å². The van der Waals surface area contributed by atoms with Crippen LogP contribution in [0.15, 0.2) is 199 Å². The van der Waals surface area contributed by atoms with Crippen LogP contribution in [-0.4, -0.2) is 19.5 Å². The lowest BCUT2D eigenvalue weighted by Gasteiger charge is -2.14. The lowest BCUT2D eigenvalue weighted by atomic mass is 10.0. The molecule has 0 amide bonds. The predicted octanol–water partition coefficient (Wildman–Crippen LogP) is 13.2. The second-order valence-corrected chi connectivity index (χ2v) is 14.0. The minimum atomic E-state index is 0.589. The van der Waals surface area contributed by atoms with Crippen LogP contribution in [0.2, 0.25) is 0 Å². The highest BCUT2D eigenvalue weighted by Crippen LogP contribution is 2.43. The molecule has 0 fully saturated rings. The van der Waals surface area contributed by atoms with Crippen molar-refractivity contribution in [3.8, 4) is 62.1 Å². The minimum Gasteiger partial charge on any atom is -0.453 e. The van der Waals surface area contributed by atoms with Gasteiger partial charge in [-0.2, -0.15) is 0 Å². The van der Waals surface area contributed by atoms with Crippen molar-refractivity contribution >= 4 is 43.7 Å². The molecule has 11 aromatic rings. The van der Waals surface area contributed by atoms with Gasteiger partial charge in [0.15, 0.2) is 23.1 Å². The van der Waals surface area contributed by atoms with Crippen molar-refractivity contribution in [3.05, 3.63) is 194 Å². The lowest BCUT2D eigenvalue weighted by molar-refractivity contribution is 0.672. The summed E-state index contributed by atoms with van der Waals surface area (Å²) in [5.74, 6) is 1.81. The monoisotopic (exact) mass is 716 g/mol. The van der Waals surface area contributed by atoms with E-state index in [-0.39, 0.29) is 0 Å². The van der Waals surface area contributed by atoms with Gasteiger partial charge in [-0.15, -0.1) is 0 Å². The van der Waals surface area contributed by atoms with Crippen LogP contribution < -0.4 is 0 Å². The van der Waals surface area contributed by atoms with Crippen LogP contribution in [0.4, 0.5) is 0 Å². The van der Waals surface area contributed by atoms with Crippen LogP contribution >= 0.6 is 0 Å². The largest absolute Gasteiger partial charge is 0.453 e. The minimum absolute atomic E-state index is 0.589. The van der Waals surface area contributed by atoms with E-state index in [4.69, 9.17) is 19.4 Å². The molecule has 0 aliphatic heterocycles. The topological polar surface area (TPSA) is 56.7 Å². The number of benzene rings is 8. The van der Waals surface area contributed by atoms with E-state index in [0.717, 1.165) is 88.4 Å². The molecule has 0 atom stereocenters. The Morgan fingerprint density at radius 2 is 0.821 bits per heavy atom. The summed E-state index contributed by atoms with van der Waals surface area (Å²) in [5, 5.41) is 4.41. The Hall–Kier alpha value is -7.63. The van der Waals surface area contributed by atoms with Crippen molar-refractivity contribution in [1.82, 2.24) is 19.5 Å². The fraction of sp³-hybridized carbons (Fsp3) is 0. The van der Waals surface area contributed by atoms with E-state index in [0.29, 0.717) is 17.5 Å². The maximum atomic E-state index is 7.02. The molecule has 11 rings (SSSR count). The van der Waals surface area contributed by atoms with Gasteiger partial charge in [0.1, 0.15) is 5.58 Å². The van der Waals surface area contributed by atoms with E-state index in [2.05, 4.69) is 156 Å². The summed E-state index contributed by atoms with van der Waals surface area (Å²) in [5.41, 5.74) is 11.9. The summed E-state index contributed by atoms with van der Waals surface area (Å²) in [7, 11) is 0. The SMILES string of the molecule is c1ccc(-c2ccc(-c3nc(-c4ccccc4)nc(-c4ccccc4-n4c5ccccc5c5ccc6c7cccc(-c8ccccc8)c7oc6c54)n3)cc2)cc1. The fourth-order valence-electron chi connectivity index (χ4n) is 8.04. The number of aromatic nitrogens is 4. The third-order valence-electron chi connectivity index (χ3n) is 10.7. The highest BCUT2D eigenvalue weighted by Gasteiger charge is 2.23. The third kappa shape index (κ3) is 5.21. The smallest absolute Gasteiger partial charge is 0.166 e. The second-order valence-electron chi connectivity index (χ2n) is 14.0. The molecular formula is C51H32N4O. The van der Waals surface area contributed by atoms with Crippen LogP contribution in [0.5, 0.6) is 0 Å². The number of hydrogen-bond donors (Lipinski definition) is 0. The summed E-state index contributed by atoms with van der Waals surface area (Å²) < 4.78 is 9.35. The number of rotatable bonds is 6. The Bertz CT molecular complexity index is 3220. The molecule has 0 bridgehead atoms. The maximum absolute atomic E-state index is 7.02. The number of nitrogens with zero attached hydrogens (tertiary/aromatic N) is 4.